The largest absolute Gasteiger partial charge is 0.455 e. The van der Waals surface area contributed by atoms with Crippen LogP contribution in [0.25, 0.3) is 10.9 Å². The summed E-state index contributed by atoms with van der Waals surface area (Å²) < 4.78 is 5.92. The lowest BCUT2D eigenvalue weighted by Crippen LogP contribution is -1.93. The van der Waals surface area contributed by atoms with Crippen molar-refractivity contribution < 1.29 is 4.74 Å². The average molecular weight is 251 g/mol. The zero-order valence-electron chi connectivity index (χ0n) is 10.5. The van der Waals surface area contributed by atoms with Gasteiger partial charge in [0.25, 0.3) is 0 Å². The van der Waals surface area contributed by atoms with Crippen LogP contribution < -0.4 is 10.5 Å². The third-order valence-electron chi connectivity index (χ3n) is 2.94. The van der Waals surface area contributed by atoms with Gasteiger partial charge in [-0.25, -0.2) is 0 Å². The normalized spacial score (nSPS) is 10.6. The van der Waals surface area contributed by atoms with Crippen molar-refractivity contribution in [2.24, 2.45) is 0 Å². The number of anilines is 1. The second-order valence-electron chi connectivity index (χ2n) is 4.35. The van der Waals surface area contributed by atoms with Crippen molar-refractivity contribution in [1.82, 2.24) is 10.2 Å². The van der Waals surface area contributed by atoms with Gasteiger partial charge in [-0.2, -0.15) is 10.2 Å². The lowest BCUT2D eigenvalue weighted by molar-refractivity contribution is 0.481. The zero-order valence-corrected chi connectivity index (χ0v) is 10.5. The summed E-state index contributed by atoms with van der Waals surface area (Å²) in [6.45, 7) is 1.98. The third kappa shape index (κ3) is 2.20. The molecule has 3 rings (SSSR count). The van der Waals surface area contributed by atoms with Crippen LogP contribution in [0.4, 0.5) is 5.69 Å². The second-order valence-corrected chi connectivity index (χ2v) is 4.35. The molecule has 2 aromatic carbocycles. The molecule has 1 heterocycles. The molecule has 3 aromatic rings. The Morgan fingerprint density at radius 2 is 1.89 bits per heavy atom. The van der Waals surface area contributed by atoms with Crippen molar-refractivity contribution in [2.75, 3.05) is 5.73 Å². The van der Waals surface area contributed by atoms with E-state index in [0.29, 0.717) is 11.4 Å². The quantitative estimate of drug-likeness (QED) is 0.710. The Balaban J connectivity index is 2.08. The standard InChI is InChI=1S/C15H13N3O/c1-10-6-7-11(16)8-14(10)19-15-9-17-18-13-5-3-2-4-12(13)15/h2-9H,16H2,1H3. The van der Waals surface area contributed by atoms with Crippen molar-refractivity contribution in [3.63, 3.8) is 0 Å². The Kier molecular flexibility index (Phi) is 2.76. The first kappa shape index (κ1) is 11.5. The molecule has 0 fully saturated rings. The summed E-state index contributed by atoms with van der Waals surface area (Å²) in [7, 11) is 0. The summed E-state index contributed by atoms with van der Waals surface area (Å²) in [6.07, 6.45) is 1.62. The van der Waals surface area contributed by atoms with Crippen molar-refractivity contribution in [2.45, 2.75) is 6.92 Å². The van der Waals surface area contributed by atoms with Gasteiger partial charge >= 0.3 is 0 Å². The predicted molar refractivity (Wildman–Crippen MR) is 75.2 cm³/mol. The molecule has 0 aliphatic rings. The number of aryl methyl sites for hydroxylation is 1. The molecular weight excluding hydrogens is 238 g/mol. The van der Waals surface area contributed by atoms with E-state index < -0.39 is 0 Å². The molecule has 1 aromatic heterocycles. The monoisotopic (exact) mass is 251 g/mol. The molecule has 19 heavy (non-hydrogen) atoms. The Bertz CT molecular complexity index is 735. The van der Waals surface area contributed by atoms with Crippen LogP contribution in [0.5, 0.6) is 11.5 Å². The van der Waals surface area contributed by atoms with E-state index in [1.54, 1.807) is 6.20 Å². The van der Waals surface area contributed by atoms with Gasteiger partial charge in [-0.15, -0.1) is 0 Å². The zero-order chi connectivity index (χ0) is 13.2. The maximum atomic E-state index is 5.92. The highest BCUT2D eigenvalue weighted by Gasteiger charge is 2.07. The summed E-state index contributed by atoms with van der Waals surface area (Å²) in [5.41, 5.74) is 8.29. The smallest absolute Gasteiger partial charge is 0.157 e. The van der Waals surface area contributed by atoms with Crippen LogP contribution in [0.2, 0.25) is 0 Å². The predicted octanol–water partition coefficient (Wildman–Crippen LogP) is 3.31. The molecule has 0 unspecified atom stereocenters. The molecule has 94 valence electrons. The fraction of sp³-hybridized carbons (Fsp3) is 0.0667. The topological polar surface area (TPSA) is 61.0 Å². The molecule has 0 atom stereocenters. The molecule has 0 bridgehead atoms. The van der Waals surface area contributed by atoms with Crippen LogP contribution in [0.3, 0.4) is 0 Å². The van der Waals surface area contributed by atoms with E-state index in [1.165, 1.54) is 0 Å². The highest BCUT2D eigenvalue weighted by molar-refractivity contribution is 5.84. The van der Waals surface area contributed by atoms with Gasteiger partial charge in [-0.3, -0.25) is 0 Å². The number of hydrogen-bond acceptors (Lipinski definition) is 4. The van der Waals surface area contributed by atoms with E-state index in [2.05, 4.69) is 10.2 Å². The van der Waals surface area contributed by atoms with Gasteiger partial charge in [0, 0.05) is 17.1 Å². The molecule has 4 heteroatoms. The Labute approximate surface area is 110 Å². The van der Waals surface area contributed by atoms with Gasteiger partial charge in [0.1, 0.15) is 5.75 Å². The summed E-state index contributed by atoms with van der Waals surface area (Å²) in [5, 5.41) is 8.95. The van der Waals surface area contributed by atoms with E-state index in [0.717, 1.165) is 22.2 Å². The number of aromatic nitrogens is 2. The molecule has 0 radical (unpaired) electrons. The molecule has 0 aliphatic carbocycles. The van der Waals surface area contributed by atoms with Crippen molar-refractivity contribution in [3.8, 4) is 11.5 Å². The maximum Gasteiger partial charge on any atom is 0.157 e. The number of nitrogen functional groups attached to an aromatic ring is 1. The van der Waals surface area contributed by atoms with Gasteiger partial charge in [-0.05, 0) is 30.7 Å². The summed E-state index contributed by atoms with van der Waals surface area (Å²) in [4.78, 5) is 0. The highest BCUT2D eigenvalue weighted by atomic mass is 16.5. The lowest BCUT2D eigenvalue weighted by Gasteiger charge is -2.10. The first-order valence-corrected chi connectivity index (χ1v) is 5.98. The minimum Gasteiger partial charge on any atom is -0.455 e. The summed E-state index contributed by atoms with van der Waals surface area (Å²) in [5.74, 6) is 1.41. The number of fused-ring (bicyclic) bond motifs is 1. The SMILES string of the molecule is Cc1ccc(N)cc1Oc1cnnc2ccccc12. The second kappa shape index (κ2) is 4.57. The summed E-state index contributed by atoms with van der Waals surface area (Å²) in [6, 6.07) is 13.3. The molecule has 0 aliphatic heterocycles. The van der Waals surface area contributed by atoms with Crippen LogP contribution >= 0.6 is 0 Å². The van der Waals surface area contributed by atoms with E-state index >= 15 is 0 Å². The van der Waals surface area contributed by atoms with Crippen LogP contribution in [0.1, 0.15) is 5.56 Å². The molecule has 0 spiro atoms. The third-order valence-corrected chi connectivity index (χ3v) is 2.94. The number of benzene rings is 2. The van der Waals surface area contributed by atoms with E-state index in [1.807, 2.05) is 49.4 Å². The number of hydrogen-bond donors (Lipinski definition) is 1. The number of nitrogens with two attached hydrogens (primary N) is 1. The number of nitrogens with zero attached hydrogens (tertiary/aromatic N) is 2. The van der Waals surface area contributed by atoms with E-state index in [-0.39, 0.29) is 0 Å². The Morgan fingerprint density at radius 1 is 1.05 bits per heavy atom. The molecule has 0 amide bonds. The fourth-order valence-corrected chi connectivity index (χ4v) is 1.91. The van der Waals surface area contributed by atoms with Crippen LogP contribution in [0.15, 0.2) is 48.7 Å². The molecular formula is C15H13N3O. The van der Waals surface area contributed by atoms with E-state index in [9.17, 15) is 0 Å². The molecule has 4 nitrogen and oxygen atoms in total. The average Bonchev–Trinajstić information content (AvgIpc) is 2.43. The van der Waals surface area contributed by atoms with E-state index in [4.69, 9.17) is 10.5 Å². The summed E-state index contributed by atoms with van der Waals surface area (Å²) >= 11 is 0. The minimum atomic E-state index is 0.673. The van der Waals surface area contributed by atoms with Gasteiger partial charge in [0.05, 0.1) is 11.7 Å². The first-order valence-electron chi connectivity index (χ1n) is 5.98. The van der Waals surface area contributed by atoms with Crippen LogP contribution in [-0.2, 0) is 0 Å². The number of rotatable bonds is 2. The Morgan fingerprint density at radius 3 is 2.79 bits per heavy atom. The van der Waals surface area contributed by atoms with Crippen LogP contribution in [-0.4, -0.2) is 10.2 Å². The highest BCUT2D eigenvalue weighted by Crippen LogP contribution is 2.30. The van der Waals surface area contributed by atoms with Crippen molar-refractivity contribution in [1.29, 1.82) is 0 Å². The lowest BCUT2D eigenvalue weighted by atomic mass is 10.2. The Hall–Kier alpha value is -2.62. The maximum absolute atomic E-state index is 5.92. The molecule has 2 N–H and O–H groups in total. The number of ether oxygens (including phenoxy) is 1. The van der Waals surface area contributed by atoms with Crippen molar-refractivity contribution in [3.05, 3.63) is 54.2 Å². The first-order chi connectivity index (χ1) is 9.24. The van der Waals surface area contributed by atoms with Gasteiger partial charge < -0.3 is 10.5 Å². The van der Waals surface area contributed by atoms with Gasteiger partial charge in [0.15, 0.2) is 5.75 Å². The van der Waals surface area contributed by atoms with Gasteiger partial charge in [-0.1, -0.05) is 18.2 Å². The molecule has 0 saturated heterocycles. The molecule has 0 saturated carbocycles. The van der Waals surface area contributed by atoms with Gasteiger partial charge in [0.2, 0.25) is 0 Å². The fourth-order valence-electron chi connectivity index (χ4n) is 1.91. The van der Waals surface area contributed by atoms with Crippen LogP contribution in [0, 0.1) is 6.92 Å². The van der Waals surface area contributed by atoms with Crippen molar-refractivity contribution >= 4 is 16.6 Å². The minimum absolute atomic E-state index is 0.673.